The molecule has 0 spiro atoms. The first-order valence-corrected chi connectivity index (χ1v) is 8.29. The van der Waals surface area contributed by atoms with E-state index >= 15 is 0 Å². The molecule has 3 N–H and O–H groups in total. The number of hydrogen-bond donors (Lipinski definition) is 2. The standard InChI is InChI=1S/C20H20N4O3/c1-26-17-4-3-5-18(27-2)15(17)12-23-20-22-11-10-16(24-20)13-6-8-14(9-7-13)19(21)25/h3-11H,12H2,1-2H3,(H2,21,25)(H,22,23,24). The number of primary amides is 1. The highest BCUT2D eigenvalue weighted by molar-refractivity contribution is 5.93. The van der Waals surface area contributed by atoms with Crippen molar-refractivity contribution in [1.82, 2.24) is 9.97 Å². The van der Waals surface area contributed by atoms with Gasteiger partial charge in [0.25, 0.3) is 0 Å². The first-order chi connectivity index (χ1) is 13.1. The van der Waals surface area contributed by atoms with Crippen molar-refractivity contribution < 1.29 is 14.3 Å². The normalized spacial score (nSPS) is 10.3. The van der Waals surface area contributed by atoms with Crippen LogP contribution in [0.5, 0.6) is 11.5 Å². The van der Waals surface area contributed by atoms with Crippen LogP contribution >= 0.6 is 0 Å². The number of nitrogens with two attached hydrogens (primary N) is 1. The summed E-state index contributed by atoms with van der Waals surface area (Å²) in [7, 11) is 3.23. The third-order valence-electron chi connectivity index (χ3n) is 4.07. The third kappa shape index (κ3) is 4.14. The summed E-state index contributed by atoms with van der Waals surface area (Å²) in [5.41, 5.74) is 8.20. The molecular formula is C20H20N4O3. The van der Waals surface area contributed by atoms with E-state index in [9.17, 15) is 4.79 Å². The summed E-state index contributed by atoms with van der Waals surface area (Å²) in [4.78, 5) is 20.0. The fourth-order valence-electron chi connectivity index (χ4n) is 2.68. The van der Waals surface area contributed by atoms with Crippen LogP contribution in [-0.4, -0.2) is 30.1 Å². The largest absolute Gasteiger partial charge is 0.496 e. The number of hydrogen-bond acceptors (Lipinski definition) is 6. The summed E-state index contributed by atoms with van der Waals surface area (Å²) >= 11 is 0. The van der Waals surface area contributed by atoms with E-state index in [4.69, 9.17) is 15.2 Å². The van der Waals surface area contributed by atoms with E-state index in [-0.39, 0.29) is 0 Å². The molecule has 1 aromatic heterocycles. The van der Waals surface area contributed by atoms with E-state index in [2.05, 4.69) is 15.3 Å². The number of carbonyl (C=O) groups is 1. The first kappa shape index (κ1) is 18.2. The zero-order chi connectivity index (χ0) is 19.2. The van der Waals surface area contributed by atoms with Crippen LogP contribution < -0.4 is 20.5 Å². The number of nitrogens with zero attached hydrogens (tertiary/aromatic N) is 2. The van der Waals surface area contributed by atoms with Crippen LogP contribution in [0.1, 0.15) is 15.9 Å². The van der Waals surface area contributed by atoms with E-state index in [1.807, 2.05) is 18.2 Å². The van der Waals surface area contributed by atoms with Gasteiger partial charge in [-0.05, 0) is 30.3 Å². The average molecular weight is 364 g/mol. The fourth-order valence-corrected chi connectivity index (χ4v) is 2.68. The van der Waals surface area contributed by atoms with Crippen LogP contribution in [-0.2, 0) is 6.54 Å². The highest BCUT2D eigenvalue weighted by atomic mass is 16.5. The van der Waals surface area contributed by atoms with Gasteiger partial charge in [-0.1, -0.05) is 18.2 Å². The summed E-state index contributed by atoms with van der Waals surface area (Å²) < 4.78 is 10.8. The summed E-state index contributed by atoms with van der Waals surface area (Å²) in [5, 5.41) is 3.19. The minimum Gasteiger partial charge on any atom is -0.496 e. The first-order valence-electron chi connectivity index (χ1n) is 8.29. The predicted octanol–water partition coefficient (Wildman–Crippen LogP) is 2.87. The maximum atomic E-state index is 11.2. The molecule has 0 aliphatic rings. The molecule has 0 radical (unpaired) electrons. The van der Waals surface area contributed by atoms with Gasteiger partial charge in [0.15, 0.2) is 0 Å². The molecule has 0 saturated carbocycles. The molecule has 0 aliphatic heterocycles. The number of anilines is 1. The van der Waals surface area contributed by atoms with Crippen LogP contribution in [0.2, 0.25) is 0 Å². The fraction of sp³-hybridized carbons (Fsp3) is 0.150. The third-order valence-corrected chi connectivity index (χ3v) is 4.07. The second-order valence-corrected chi connectivity index (χ2v) is 5.70. The van der Waals surface area contributed by atoms with Gasteiger partial charge < -0.3 is 20.5 Å². The Balaban J connectivity index is 1.80. The number of benzene rings is 2. The number of rotatable bonds is 7. The molecule has 0 unspecified atom stereocenters. The molecule has 7 nitrogen and oxygen atoms in total. The topological polar surface area (TPSA) is 99.4 Å². The summed E-state index contributed by atoms with van der Waals surface area (Å²) in [5.74, 6) is 1.46. The van der Waals surface area contributed by atoms with Gasteiger partial charge in [-0.2, -0.15) is 0 Å². The quantitative estimate of drug-likeness (QED) is 0.669. The summed E-state index contributed by atoms with van der Waals surface area (Å²) in [6, 6.07) is 14.4. The minimum absolute atomic E-state index is 0.442. The van der Waals surface area contributed by atoms with Crippen molar-refractivity contribution >= 4 is 11.9 Å². The van der Waals surface area contributed by atoms with Gasteiger partial charge >= 0.3 is 0 Å². The molecule has 0 fully saturated rings. The van der Waals surface area contributed by atoms with E-state index in [1.165, 1.54) is 0 Å². The number of amides is 1. The van der Waals surface area contributed by atoms with Crippen molar-refractivity contribution in [2.75, 3.05) is 19.5 Å². The maximum absolute atomic E-state index is 11.2. The highest BCUT2D eigenvalue weighted by Crippen LogP contribution is 2.28. The minimum atomic E-state index is -0.461. The SMILES string of the molecule is COc1cccc(OC)c1CNc1nccc(-c2ccc(C(N)=O)cc2)n1. The Kier molecular flexibility index (Phi) is 5.51. The molecule has 0 saturated heterocycles. The van der Waals surface area contributed by atoms with E-state index in [1.54, 1.807) is 50.7 Å². The Bertz CT molecular complexity index is 920. The average Bonchev–Trinajstić information content (AvgIpc) is 2.72. The lowest BCUT2D eigenvalue weighted by Crippen LogP contribution is -2.10. The zero-order valence-corrected chi connectivity index (χ0v) is 15.1. The number of aromatic nitrogens is 2. The number of ether oxygens (including phenoxy) is 2. The van der Waals surface area contributed by atoms with E-state index < -0.39 is 5.91 Å². The lowest BCUT2D eigenvalue weighted by Gasteiger charge is -2.14. The zero-order valence-electron chi connectivity index (χ0n) is 15.1. The Morgan fingerprint density at radius 3 is 2.30 bits per heavy atom. The molecule has 0 bridgehead atoms. The summed E-state index contributed by atoms with van der Waals surface area (Å²) in [6.45, 7) is 0.442. The van der Waals surface area contributed by atoms with Crippen molar-refractivity contribution in [3.8, 4) is 22.8 Å². The van der Waals surface area contributed by atoms with Crippen molar-refractivity contribution in [2.45, 2.75) is 6.54 Å². The van der Waals surface area contributed by atoms with Gasteiger partial charge in [-0.3, -0.25) is 4.79 Å². The van der Waals surface area contributed by atoms with Gasteiger partial charge in [0.1, 0.15) is 11.5 Å². The Labute approximate surface area is 157 Å². The van der Waals surface area contributed by atoms with Crippen LogP contribution in [0.15, 0.2) is 54.7 Å². The highest BCUT2D eigenvalue weighted by Gasteiger charge is 2.11. The van der Waals surface area contributed by atoms with Crippen LogP contribution in [0.25, 0.3) is 11.3 Å². The molecule has 0 aliphatic carbocycles. The molecule has 27 heavy (non-hydrogen) atoms. The van der Waals surface area contributed by atoms with Gasteiger partial charge in [0.05, 0.1) is 32.0 Å². The molecule has 0 atom stereocenters. The number of methoxy groups -OCH3 is 2. The van der Waals surface area contributed by atoms with Crippen molar-refractivity contribution in [3.63, 3.8) is 0 Å². The maximum Gasteiger partial charge on any atom is 0.248 e. The van der Waals surface area contributed by atoms with Crippen molar-refractivity contribution in [1.29, 1.82) is 0 Å². The van der Waals surface area contributed by atoms with Gasteiger partial charge in [-0.25, -0.2) is 9.97 Å². The van der Waals surface area contributed by atoms with Gasteiger partial charge in [-0.15, -0.1) is 0 Å². The molecule has 2 aromatic carbocycles. The molecule has 138 valence electrons. The van der Waals surface area contributed by atoms with Crippen LogP contribution in [0.3, 0.4) is 0 Å². The second kappa shape index (κ2) is 8.18. The Morgan fingerprint density at radius 2 is 1.70 bits per heavy atom. The number of nitrogens with one attached hydrogen (secondary N) is 1. The molecule has 1 amide bonds. The molecule has 7 heteroatoms. The number of carbonyl (C=O) groups excluding carboxylic acids is 1. The van der Waals surface area contributed by atoms with Crippen molar-refractivity contribution in [3.05, 3.63) is 65.9 Å². The van der Waals surface area contributed by atoms with Gasteiger partial charge in [0.2, 0.25) is 11.9 Å². The Morgan fingerprint density at radius 1 is 1.04 bits per heavy atom. The smallest absolute Gasteiger partial charge is 0.248 e. The Hall–Kier alpha value is -3.61. The molecular weight excluding hydrogens is 344 g/mol. The van der Waals surface area contributed by atoms with E-state index in [0.717, 1.165) is 28.3 Å². The van der Waals surface area contributed by atoms with E-state index in [0.29, 0.717) is 18.1 Å². The van der Waals surface area contributed by atoms with Crippen LogP contribution in [0, 0.1) is 0 Å². The molecule has 1 heterocycles. The van der Waals surface area contributed by atoms with Crippen LogP contribution in [0.4, 0.5) is 5.95 Å². The molecule has 3 rings (SSSR count). The van der Waals surface area contributed by atoms with Gasteiger partial charge in [0, 0.05) is 17.3 Å². The summed E-state index contributed by atoms with van der Waals surface area (Å²) in [6.07, 6.45) is 1.67. The monoisotopic (exact) mass is 364 g/mol. The predicted molar refractivity (Wildman–Crippen MR) is 103 cm³/mol. The van der Waals surface area contributed by atoms with Crippen molar-refractivity contribution in [2.24, 2.45) is 5.73 Å². The lowest BCUT2D eigenvalue weighted by molar-refractivity contribution is 0.100. The lowest BCUT2D eigenvalue weighted by atomic mass is 10.1. The molecule has 3 aromatic rings. The second-order valence-electron chi connectivity index (χ2n) is 5.70.